The van der Waals surface area contributed by atoms with Crippen molar-refractivity contribution in [2.24, 2.45) is 5.73 Å². The summed E-state index contributed by atoms with van der Waals surface area (Å²) in [5.74, 6) is 0.766. The highest BCUT2D eigenvalue weighted by atomic mass is 35.5. The van der Waals surface area contributed by atoms with E-state index in [4.69, 9.17) is 22.1 Å². The lowest BCUT2D eigenvalue weighted by Gasteiger charge is -2.09. The highest BCUT2D eigenvalue weighted by Gasteiger charge is 2.05. The van der Waals surface area contributed by atoms with Gasteiger partial charge in [0.2, 0.25) is 0 Å². The molecule has 3 nitrogen and oxygen atoms in total. The number of benzene rings is 1. The van der Waals surface area contributed by atoms with E-state index in [1.807, 2.05) is 24.4 Å². The van der Waals surface area contributed by atoms with Crippen LogP contribution in [0.5, 0.6) is 5.75 Å². The fraction of sp³-hybridized carbons (Fsp3) is 0.250. The Bertz CT molecular complexity index is 513. The lowest BCUT2D eigenvalue weighted by atomic mass is 10.2. The normalized spacial score (nSPS) is 10.5. The van der Waals surface area contributed by atoms with Crippen molar-refractivity contribution < 1.29 is 4.74 Å². The van der Waals surface area contributed by atoms with E-state index < -0.39 is 0 Å². The predicted octanol–water partition coefficient (Wildman–Crippen LogP) is 3.14. The molecule has 0 aliphatic heterocycles. The van der Waals surface area contributed by atoms with Gasteiger partial charge in [0.25, 0.3) is 0 Å². The van der Waals surface area contributed by atoms with Gasteiger partial charge in [-0.05, 0) is 25.1 Å². The monoisotopic (exact) mass is 268 g/mol. The Morgan fingerprint density at radius 2 is 2.29 bits per heavy atom. The summed E-state index contributed by atoms with van der Waals surface area (Å²) in [6, 6.07) is 5.45. The van der Waals surface area contributed by atoms with E-state index in [1.165, 1.54) is 0 Å². The molecule has 90 valence electrons. The predicted molar refractivity (Wildman–Crippen MR) is 70.5 cm³/mol. The van der Waals surface area contributed by atoms with Crippen LogP contribution in [0.4, 0.5) is 0 Å². The number of thiazole rings is 1. The second kappa shape index (κ2) is 5.49. The number of hydrogen-bond donors (Lipinski definition) is 1. The van der Waals surface area contributed by atoms with Gasteiger partial charge < -0.3 is 10.5 Å². The average molecular weight is 269 g/mol. The van der Waals surface area contributed by atoms with E-state index >= 15 is 0 Å². The number of rotatable bonds is 4. The topological polar surface area (TPSA) is 48.1 Å². The van der Waals surface area contributed by atoms with Gasteiger partial charge in [0, 0.05) is 22.5 Å². The van der Waals surface area contributed by atoms with Gasteiger partial charge in [-0.15, -0.1) is 11.3 Å². The first-order valence-electron chi connectivity index (χ1n) is 5.21. The molecule has 0 bridgehead atoms. The van der Waals surface area contributed by atoms with Crippen molar-refractivity contribution in [3.8, 4) is 5.75 Å². The summed E-state index contributed by atoms with van der Waals surface area (Å²) in [7, 11) is 0. The summed E-state index contributed by atoms with van der Waals surface area (Å²) < 4.78 is 5.69. The Morgan fingerprint density at radius 3 is 2.94 bits per heavy atom. The zero-order valence-corrected chi connectivity index (χ0v) is 11.0. The van der Waals surface area contributed by atoms with Gasteiger partial charge in [0.1, 0.15) is 12.4 Å². The van der Waals surface area contributed by atoms with Crippen LogP contribution in [0.25, 0.3) is 0 Å². The zero-order chi connectivity index (χ0) is 12.3. The van der Waals surface area contributed by atoms with E-state index in [0.29, 0.717) is 18.2 Å². The van der Waals surface area contributed by atoms with Crippen LogP contribution >= 0.6 is 22.9 Å². The smallest absolute Gasteiger partial charge is 0.131 e. The summed E-state index contributed by atoms with van der Waals surface area (Å²) >= 11 is 7.51. The lowest BCUT2D eigenvalue weighted by molar-refractivity contribution is 0.299. The fourth-order valence-electron chi connectivity index (χ4n) is 1.47. The summed E-state index contributed by atoms with van der Waals surface area (Å²) in [4.78, 5) is 4.34. The minimum absolute atomic E-state index is 0.409. The third-order valence-corrected chi connectivity index (χ3v) is 3.34. The maximum Gasteiger partial charge on any atom is 0.131 e. The van der Waals surface area contributed by atoms with Crippen molar-refractivity contribution in [2.75, 3.05) is 0 Å². The molecule has 0 atom stereocenters. The van der Waals surface area contributed by atoms with Gasteiger partial charge in [-0.2, -0.15) is 0 Å². The molecule has 0 aliphatic carbocycles. The first kappa shape index (κ1) is 12.4. The maximum atomic E-state index is 5.89. The van der Waals surface area contributed by atoms with Gasteiger partial charge in [0.05, 0.1) is 10.7 Å². The molecule has 0 saturated heterocycles. The lowest BCUT2D eigenvalue weighted by Crippen LogP contribution is -2.03. The van der Waals surface area contributed by atoms with Gasteiger partial charge in [0.15, 0.2) is 0 Å². The van der Waals surface area contributed by atoms with Gasteiger partial charge in [-0.3, -0.25) is 0 Å². The molecule has 5 heteroatoms. The van der Waals surface area contributed by atoms with Crippen molar-refractivity contribution in [3.05, 3.63) is 44.9 Å². The minimum Gasteiger partial charge on any atom is -0.487 e. The fourth-order valence-corrected chi connectivity index (χ4v) is 2.27. The molecule has 0 unspecified atom stereocenters. The summed E-state index contributed by atoms with van der Waals surface area (Å²) in [6.45, 7) is 2.84. The average Bonchev–Trinajstić information content (AvgIpc) is 2.73. The zero-order valence-electron chi connectivity index (χ0n) is 9.44. The molecule has 2 aromatic rings. The minimum atomic E-state index is 0.409. The molecule has 1 aromatic carbocycles. The van der Waals surface area contributed by atoms with E-state index in [0.717, 1.165) is 22.0 Å². The van der Waals surface area contributed by atoms with Gasteiger partial charge >= 0.3 is 0 Å². The second-order valence-corrected chi connectivity index (χ2v) is 5.10. The number of halogens is 1. The highest BCUT2D eigenvalue weighted by Crippen LogP contribution is 2.23. The van der Waals surface area contributed by atoms with Crippen LogP contribution < -0.4 is 10.5 Å². The summed E-state index contributed by atoms with van der Waals surface area (Å²) in [6.07, 6.45) is 0. The van der Waals surface area contributed by atoms with Gasteiger partial charge in [-0.25, -0.2) is 4.98 Å². The molecule has 1 aromatic heterocycles. The van der Waals surface area contributed by atoms with Crippen molar-refractivity contribution in [1.82, 2.24) is 4.98 Å². The second-order valence-electron chi connectivity index (χ2n) is 3.60. The van der Waals surface area contributed by atoms with Crippen molar-refractivity contribution in [1.29, 1.82) is 0 Å². The Morgan fingerprint density at radius 1 is 1.47 bits per heavy atom. The van der Waals surface area contributed by atoms with Crippen molar-refractivity contribution >= 4 is 22.9 Å². The van der Waals surface area contributed by atoms with Crippen LogP contribution in [0.1, 0.15) is 16.3 Å². The molecule has 0 aliphatic rings. The molecule has 1 heterocycles. The third kappa shape index (κ3) is 3.19. The Balaban J connectivity index is 2.08. The standard InChI is InChI=1S/C12H13ClN2OS/c1-8-15-11(7-17-8)6-16-12-3-2-10(13)4-9(12)5-14/h2-4,7H,5-6,14H2,1H3. The molecular weight excluding hydrogens is 256 g/mol. The maximum absolute atomic E-state index is 5.89. The highest BCUT2D eigenvalue weighted by molar-refractivity contribution is 7.09. The molecule has 17 heavy (non-hydrogen) atoms. The molecule has 2 N–H and O–H groups in total. The van der Waals surface area contributed by atoms with Crippen LogP contribution in [0.15, 0.2) is 23.6 Å². The molecule has 2 rings (SSSR count). The van der Waals surface area contributed by atoms with Crippen LogP contribution in [-0.4, -0.2) is 4.98 Å². The number of aromatic nitrogens is 1. The third-order valence-electron chi connectivity index (χ3n) is 2.28. The van der Waals surface area contributed by atoms with Crippen LogP contribution in [0, 0.1) is 6.92 Å². The Labute approximate surface area is 109 Å². The number of nitrogens with two attached hydrogens (primary N) is 1. The molecular formula is C12H13ClN2OS. The van der Waals surface area contributed by atoms with E-state index in [2.05, 4.69) is 4.98 Å². The number of hydrogen-bond acceptors (Lipinski definition) is 4. The molecule has 0 radical (unpaired) electrons. The van der Waals surface area contributed by atoms with Crippen molar-refractivity contribution in [3.63, 3.8) is 0 Å². The van der Waals surface area contributed by atoms with Gasteiger partial charge in [-0.1, -0.05) is 11.6 Å². The van der Waals surface area contributed by atoms with Crippen molar-refractivity contribution in [2.45, 2.75) is 20.1 Å². The molecule has 0 amide bonds. The number of aryl methyl sites for hydroxylation is 1. The van der Waals surface area contributed by atoms with Crippen LogP contribution in [0.3, 0.4) is 0 Å². The largest absolute Gasteiger partial charge is 0.487 e. The van der Waals surface area contributed by atoms with E-state index in [1.54, 1.807) is 17.4 Å². The van der Waals surface area contributed by atoms with E-state index in [9.17, 15) is 0 Å². The first-order valence-corrected chi connectivity index (χ1v) is 6.47. The first-order chi connectivity index (χ1) is 8.19. The van der Waals surface area contributed by atoms with Crippen LogP contribution in [-0.2, 0) is 13.2 Å². The molecule has 0 fully saturated rings. The molecule has 0 spiro atoms. The Kier molecular flexibility index (Phi) is 3.99. The quantitative estimate of drug-likeness (QED) is 0.927. The SMILES string of the molecule is Cc1nc(COc2ccc(Cl)cc2CN)cs1. The van der Waals surface area contributed by atoms with Crippen LogP contribution in [0.2, 0.25) is 5.02 Å². The number of nitrogens with zero attached hydrogens (tertiary/aromatic N) is 1. The summed E-state index contributed by atoms with van der Waals surface area (Å²) in [5, 5.41) is 3.70. The molecule has 0 saturated carbocycles. The Hall–Kier alpha value is -1.10. The van der Waals surface area contributed by atoms with E-state index in [-0.39, 0.29) is 0 Å². The number of ether oxygens (including phenoxy) is 1. The summed E-state index contributed by atoms with van der Waals surface area (Å²) in [5.41, 5.74) is 7.48.